The summed E-state index contributed by atoms with van der Waals surface area (Å²) in [6.45, 7) is 3.13. The maximum atomic E-state index is 12.0. The number of likely N-dealkylation sites (tertiary alicyclic amines) is 1. The van der Waals surface area contributed by atoms with E-state index in [-0.39, 0.29) is 22.9 Å². The van der Waals surface area contributed by atoms with Crippen molar-refractivity contribution in [2.75, 3.05) is 13.1 Å². The van der Waals surface area contributed by atoms with Gasteiger partial charge in [-0.1, -0.05) is 18.3 Å². The third-order valence-corrected chi connectivity index (χ3v) is 3.85. The van der Waals surface area contributed by atoms with Crippen molar-refractivity contribution in [3.05, 3.63) is 27.1 Å². The highest BCUT2D eigenvalue weighted by molar-refractivity contribution is 7.13. The van der Waals surface area contributed by atoms with Crippen LogP contribution in [0.3, 0.4) is 0 Å². The number of nitrogens with two attached hydrogens (primary N) is 1. The number of rotatable bonds is 2. The average Bonchev–Trinajstić information content (AvgIpc) is 2.86. The van der Waals surface area contributed by atoms with Crippen LogP contribution in [0.25, 0.3) is 0 Å². The standard InChI is InChI=1S/C10H13N3O3S/c1-6-3-12(4-8(6)11)10(14)7-2-9(13(15)16)17-5-7/h2,5-6,8H,3-4,11H2,1H3. The lowest BCUT2D eigenvalue weighted by Crippen LogP contribution is -2.31. The molecule has 0 spiro atoms. The Morgan fingerprint density at radius 3 is 2.82 bits per heavy atom. The van der Waals surface area contributed by atoms with Crippen molar-refractivity contribution in [2.45, 2.75) is 13.0 Å². The molecule has 0 saturated carbocycles. The second kappa shape index (κ2) is 4.42. The summed E-state index contributed by atoms with van der Waals surface area (Å²) in [5.74, 6) is 0.0988. The molecular weight excluding hydrogens is 242 g/mol. The van der Waals surface area contributed by atoms with Crippen LogP contribution in [0.1, 0.15) is 17.3 Å². The fraction of sp³-hybridized carbons (Fsp3) is 0.500. The summed E-state index contributed by atoms with van der Waals surface area (Å²) in [5.41, 5.74) is 6.22. The summed E-state index contributed by atoms with van der Waals surface area (Å²) in [7, 11) is 0. The molecule has 1 aromatic heterocycles. The van der Waals surface area contributed by atoms with Crippen LogP contribution in [-0.4, -0.2) is 34.9 Å². The van der Waals surface area contributed by atoms with Crippen molar-refractivity contribution in [2.24, 2.45) is 11.7 Å². The number of amides is 1. The van der Waals surface area contributed by atoms with E-state index in [0.29, 0.717) is 18.7 Å². The van der Waals surface area contributed by atoms with E-state index in [4.69, 9.17) is 5.73 Å². The van der Waals surface area contributed by atoms with Crippen LogP contribution in [0.15, 0.2) is 11.4 Å². The molecule has 2 rings (SSSR count). The van der Waals surface area contributed by atoms with Crippen LogP contribution in [0.2, 0.25) is 0 Å². The van der Waals surface area contributed by atoms with Crippen LogP contribution < -0.4 is 5.73 Å². The first-order chi connectivity index (χ1) is 7.99. The largest absolute Gasteiger partial charge is 0.337 e. The van der Waals surface area contributed by atoms with Crippen molar-refractivity contribution >= 4 is 22.2 Å². The first-order valence-corrected chi connectivity index (χ1v) is 6.14. The Labute approximate surface area is 102 Å². The van der Waals surface area contributed by atoms with Gasteiger partial charge < -0.3 is 10.6 Å². The minimum atomic E-state index is -0.486. The van der Waals surface area contributed by atoms with Crippen molar-refractivity contribution in [1.82, 2.24) is 4.90 Å². The Kier molecular flexibility index (Phi) is 3.12. The smallest absolute Gasteiger partial charge is 0.324 e. The number of nitro groups is 1. The van der Waals surface area contributed by atoms with E-state index < -0.39 is 4.92 Å². The third-order valence-electron chi connectivity index (χ3n) is 2.97. The van der Waals surface area contributed by atoms with E-state index in [2.05, 4.69) is 0 Å². The highest BCUT2D eigenvalue weighted by Gasteiger charge is 2.31. The quantitative estimate of drug-likeness (QED) is 0.632. The van der Waals surface area contributed by atoms with Gasteiger partial charge in [-0.15, -0.1) is 0 Å². The van der Waals surface area contributed by atoms with Gasteiger partial charge in [-0.3, -0.25) is 14.9 Å². The predicted molar refractivity (Wildman–Crippen MR) is 64.0 cm³/mol. The summed E-state index contributed by atoms with van der Waals surface area (Å²) in [5, 5.41) is 12.0. The number of carbonyl (C=O) groups excluding carboxylic acids is 1. The topological polar surface area (TPSA) is 89.5 Å². The summed E-state index contributed by atoms with van der Waals surface area (Å²) in [4.78, 5) is 23.7. The van der Waals surface area contributed by atoms with Crippen LogP contribution in [0.4, 0.5) is 5.00 Å². The highest BCUT2D eigenvalue weighted by Crippen LogP contribution is 2.25. The normalized spacial score (nSPS) is 24.0. The highest BCUT2D eigenvalue weighted by atomic mass is 32.1. The van der Waals surface area contributed by atoms with Gasteiger partial charge in [0.15, 0.2) is 0 Å². The van der Waals surface area contributed by atoms with Gasteiger partial charge in [-0.05, 0) is 5.92 Å². The molecule has 2 unspecified atom stereocenters. The molecule has 1 saturated heterocycles. The monoisotopic (exact) mass is 255 g/mol. The van der Waals surface area contributed by atoms with E-state index in [0.717, 1.165) is 11.3 Å². The molecule has 2 atom stereocenters. The van der Waals surface area contributed by atoms with Crippen molar-refractivity contribution in [3.63, 3.8) is 0 Å². The van der Waals surface area contributed by atoms with Gasteiger partial charge in [0.1, 0.15) is 0 Å². The molecule has 1 fully saturated rings. The molecule has 1 aromatic rings. The maximum Gasteiger partial charge on any atom is 0.324 e. The molecule has 0 bridgehead atoms. The van der Waals surface area contributed by atoms with Crippen molar-refractivity contribution < 1.29 is 9.72 Å². The average molecular weight is 255 g/mol. The van der Waals surface area contributed by atoms with Gasteiger partial charge in [0, 0.05) is 30.6 Å². The first kappa shape index (κ1) is 12.0. The molecule has 0 aromatic carbocycles. The SMILES string of the molecule is CC1CN(C(=O)c2csc([N+](=O)[O-])c2)CC1N. The molecule has 17 heavy (non-hydrogen) atoms. The minimum absolute atomic E-state index is 0.00688. The molecule has 1 amide bonds. The van der Waals surface area contributed by atoms with Crippen molar-refractivity contribution in [1.29, 1.82) is 0 Å². The molecule has 1 aliphatic rings. The molecule has 6 nitrogen and oxygen atoms in total. The van der Waals surface area contributed by atoms with Crippen LogP contribution in [0.5, 0.6) is 0 Å². The molecular formula is C10H13N3O3S. The molecule has 0 aliphatic carbocycles. The lowest BCUT2D eigenvalue weighted by molar-refractivity contribution is -0.380. The van der Waals surface area contributed by atoms with E-state index in [1.807, 2.05) is 6.92 Å². The van der Waals surface area contributed by atoms with E-state index in [1.54, 1.807) is 4.90 Å². The molecule has 2 heterocycles. The predicted octanol–water partition coefficient (Wildman–Crippen LogP) is 1.08. The van der Waals surface area contributed by atoms with E-state index in [1.165, 1.54) is 11.4 Å². The zero-order chi connectivity index (χ0) is 12.6. The fourth-order valence-electron chi connectivity index (χ4n) is 1.87. The molecule has 0 radical (unpaired) electrons. The fourth-order valence-corrected chi connectivity index (χ4v) is 2.57. The summed E-state index contributed by atoms with van der Waals surface area (Å²) in [6.07, 6.45) is 0. The van der Waals surface area contributed by atoms with Crippen LogP contribution in [0, 0.1) is 16.0 Å². The Balaban J connectivity index is 2.12. The summed E-state index contributed by atoms with van der Waals surface area (Å²) in [6, 6.07) is 1.31. The third kappa shape index (κ3) is 2.29. The summed E-state index contributed by atoms with van der Waals surface area (Å²) < 4.78 is 0. The van der Waals surface area contributed by atoms with E-state index >= 15 is 0 Å². The zero-order valence-electron chi connectivity index (χ0n) is 9.33. The Bertz CT molecular complexity index is 449. The van der Waals surface area contributed by atoms with Gasteiger partial charge in [0.05, 0.1) is 10.5 Å². The number of hydrogen-bond donors (Lipinski definition) is 1. The number of thiophene rings is 1. The van der Waals surface area contributed by atoms with Gasteiger partial charge >= 0.3 is 5.00 Å². The minimum Gasteiger partial charge on any atom is -0.337 e. The Morgan fingerprint density at radius 1 is 1.65 bits per heavy atom. The van der Waals surface area contributed by atoms with Gasteiger partial charge in [-0.2, -0.15) is 0 Å². The molecule has 7 heteroatoms. The zero-order valence-corrected chi connectivity index (χ0v) is 10.1. The van der Waals surface area contributed by atoms with Crippen LogP contribution in [-0.2, 0) is 0 Å². The summed E-state index contributed by atoms with van der Waals surface area (Å²) >= 11 is 0.969. The van der Waals surface area contributed by atoms with Gasteiger partial charge in [0.2, 0.25) is 0 Å². The van der Waals surface area contributed by atoms with Gasteiger partial charge in [-0.25, -0.2) is 0 Å². The number of hydrogen-bond acceptors (Lipinski definition) is 5. The van der Waals surface area contributed by atoms with Crippen LogP contribution >= 0.6 is 11.3 Å². The Morgan fingerprint density at radius 2 is 2.35 bits per heavy atom. The Hall–Kier alpha value is -1.47. The van der Waals surface area contributed by atoms with Crippen molar-refractivity contribution in [3.8, 4) is 0 Å². The maximum absolute atomic E-state index is 12.0. The van der Waals surface area contributed by atoms with Gasteiger partial charge in [0.25, 0.3) is 5.91 Å². The second-order valence-corrected chi connectivity index (χ2v) is 5.17. The molecule has 92 valence electrons. The molecule has 1 aliphatic heterocycles. The first-order valence-electron chi connectivity index (χ1n) is 5.27. The molecule has 2 N–H and O–H groups in total. The number of nitrogens with zero attached hydrogens (tertiary/aromatic N) is 2. The lowest BCUT2D eigenvalue weighted by atomic mass is 10.1. The number of carbonyl (C=O) groups is 1. The van der Waals surface area contributed by atoms with E-state index in [9.17, 15) is 14.9 Å². The lowest BCUT2D eigenvalue weighted by Gasteiger charge is -2.14. The second-order valence-electron chi connectivity index (χ2n) is 4.28.